The summed E-state index contributed by atoms with van der Waals surface area (Å²) in [6, 6.07) is 10.8. The maximum atomic E-state index is 15.1. The van der Waals surface area contributed by atoms with Gasteiger partial charge in [0.2, 0.25) is 0 Å². The van der Waals surface area contributed by atoms with Crippen LogP contribution in [0.5, 0.6) is 11.5 Å². The van der Waals surface area contributed by atoms with Gasteiger partial charge in [0.15, 0.2) is 17.4 Å². The first-order valence-corrected chi connectivity index (χ1v) is 14.9. The minimum Gasteiger partial charge on any atom is -0.451 e. The van der Waals surface area contributed by atoms with Gasteiger partial charge in [-0.05, 0) is 45.8 Å². The van der Waals surface area contributed by atoms with E-state index in [0.717, 1.165) is 23.2 Å². The average molecular weight is 704 g/mol. The maximum Gasteiger partial charge on any atom is 0.253 e. The van der Waals surface area contributed by atoms with Crippen molar-refractivity contribution in [1.82, 2.24) is 3.97 Å². The molecular formula is C25H15BrF4IN3O2S. The second-order valence-corrected chi connectivity index (χ2v) is 10.8. The van der Waals surface area contributed by atoms with E-state index in [1.807, 2.05) is 21.2 Å². The van der Waals surface area contributed by atoms with Crippen LogP contribution in [0.4, 0.5) is 23.2 Å². The lowest BCUT2D eigenvalue weighted by Crippen LogP contribution is -2.20. The molecule has 0 N–H and O–H groups in total. The Balaban J connectivity index is 1.47. The van der Waals surface area contributed by atoms with Gasteiger partial charge in [0.05, 0.1) is 22.1 Å². The van der Waals surface area contributed by atoms with E-state index in [1.54, 1.807) is 35.3 Å². The normalized spacial score (nSPS) is 14.4. The molecule has 1 unspecified atom stereocenters. The summed E-state index contributed by atoms with van der Waals surface area (Å²) in [5.74, 6) is -4.97. The number of halogens is 6. The van der Waals surface area contributed by atoms with Gasteiger partial charge in [0.1, 0.15) is 23.1 Å². The molecule has 0 spiro atoms. The Labute approximate surface area is 233 Å². The second kappa shape index (κ2) is 10.3. The fourth-order valence-electron chi connectivity index (χ4n) is 4.07. The Morgan fingerprint density at radius 1 is 1.08 bits per heavy atom. The first-order valence-electron chi connectivity index (χ1n) is 10.8. The van der Waals surface area contributed by atoms with Gasteiger partial charge in [-0.3, -0.25) is 8.77 Å². The van der Waals surface area contributed by atoms with Gasteiger partial charge in [-0.2, -0.15) is 10.1 Å². The van der Waals surface area contributed by atoms with Crippen LogP contribution in [0.2, 0.25) is 0 Å². The molecule has 1 aliphatic heterocycles. The summed E-state index contributed by atoms with van der Waals surface area (Å²) >= 11 is 5.14. The molecule has 3 aromatic carbocycles. The van der Waals surface area contributed by atoms with E-state index in [9.17, 15) is 18.0 Å². The molecule has 0 aliphatic carbocycles. The van der Waals surface area contributed by atoms with Crippen LogP contribution in [-0.2, 0) is 4.79 Å². The van der Waals surface area contributed by atoms with Gasteiger partial charge in [-0.15, -0.1) is 0 Å². The number of carbonyl (C=O) groups is 1. The summed E-state index contributed by atoms with van der Waals surface area (Å²) < 4.78 is 66.6. The van der Waals surface area contributed by atoms with Crippen molar-refractivity contribution in [2.24, 2.45) is 5.10 Å². The standard InChI is InChI=1S/C25H15BrF4IN3O2S/c1-12(14-3-2-4-16(26)23(14)29)19-11-22(35)34(32-19)21-9-13(5-6-17(21)27)36-25-18(28)10-20-15(24(25)30)7-8-33(20)37-31/h2-10,12H,11H2,1H3. The quantitative estimate of drug-likeness (QED) is 0.150. The summed E-state index contributed by atoms with van der Waals surface area (Å²) in [6.07, 6.45) is 1.45. The van der Waals surface area contributed by atoms with Crippen molar-refractivity contribution in [1.29, 1.82) is 0 Å². The van der Waals surface area contributed by atoms with Gasteiger partial charge in [0, 0.05) is 60.0 Å². The van der Waals surface area contributed by atoms with E-state index in [0.29, 0.717) is 16.8 Å². The van der Waals surface area contributed by atoms with Crippen molar-refractivity contribution in [2.75, 3.05) is 5.01 Å². The molecule has 5 rings (SSSR count). The van der Waals surface area contributed by atoms with E-state index in [1.165, 1.54) is 21.3 Å². The summed E-state index contributed by atoms with van der Waals surface area (Å²) in [7, 11) is 1.25. The molecule has 1 amide bonds. The van der Waals surface area contributed by atoms with Crippen molar-refractivity contribution in [3.05, 3.63) is 88.0 Å². The lowest BCUT2D eigenvalue weighted by molar-refractivity contribution is -0.116. The van der Waals surface area contributed by atoms with Crippen LogP contribution in [0.15, 0.2) is 64.3 Å². The van der Waals surface area contributed by atoms with Crippen molar-refractivity contribution in [3.8, 4) is 11.5 Å². The summed E-state index contributed by atoms with van der Waals surface area (Å²) in [5, 5.41) is 5.26. The van der Waals surface area contributed by atoms with Crippen LogP contribution in [0.25, 0.3) is 10.9 Å². The van der Waals surface area contributed by atoms with Crippen LogP contribution >= 0.6 is 46.3 Å². The molecule has 5 nitrogen and oxygen atoms in total. The van der Waals surface area contributed by atoms with Gasteiger partial charge in [-0.1, -0.05) is 19.1 Å². The highest BCUT2D eigenvalue weighted by atomic mass is 127. The smallest absolute Gasteiger partial charge is 0.253 e. The molecule has 0 radical (unpaired) electrons. The third-order valence-corrected chi connectivity index (χ3v) is 8.34. The fraction of sp³-hybridized carbons (Fsp3) is 0.120. The molecule has 2 heterocycles. The number of carbonyl (C=O) groups excluding carboxylic acids is 1. The number of fused-ring (bicyclic) bond motifs is 1. The van der Waals surface area contributed by atoms with Crippen LogP contribution in [-0.4, -0.2) is 15.6 Å². The number of hydrazone groups is 1. The molecule has 0 fully saturated rings. The SMILES string of the molecule is CC(C1=NN(c2cc(Oc3c(F)cc4c(ccn4SI)c3F)ccc2F)C(=O)C1)c1cccc(Br)c1F. The number of benzene rings is 3. The van der Waals surface area contributed by atoms with Gasteiger partial charge < -0.3 is 4.74 Å². The number of anilines is 1. The Morgan fingerprint density at radius 2 is 1.86 bits per heavy atom. The summed E-state index contributed by atoms with van der Waals surface area (Å²) in [6.45, 7) is 1.70. The molecule has 12 heteroatoms. The monoisotopic (exact) mass is 703 g/mol. The number of amides is 1. The molecule has 190 valence electrons. The highest BCUT2D eigenvalue weighted by Crippen LogP contribution is 2.38. The van der Waals surface area contributed by atoms with Crippen LogP contribution in [0.3, 0.4) is 0 Å². The van der Waals surface area contributed by atoms with E-state index in [-0.39, 0.29) is 27.7 Å². The number of nitrogens with zero attached hydrogens (tertiary/aromatic N) is 3. The van der Waals surface area contributed by atoms with E-state index in [2.05, 4.69) is 21.0 Å². The zero-order valence-electron chi connectivity index (χ0n) is 18.8. The second-order valence-electron chi connectivity index (χ2n) is 8.20. The Morgan fingerprint density at radius 3 is 2.62 bits per heavy atom. The van der Waals surface area contributed by atoms with Crippen molar-refractivity contribution >= 4 is 74.5 Å². The maximum absolute atomic E-state index is 15.1. The Kier molecular flexibility index (Phi) is 7.24. The number of aromatic nitrogens is 1. The highest BCUT2D eigenvalue weighted by Gasteiger charge is 2.32. The first-order chi connectivity index (χ1) is 17.7. The average Bonchev–Trinajstić information content (AvgIpc) is 3.47. The van der Waals surface area contributed by atoms with Crippen LogP contribution in [0, 0.1) is 23.3 Å². The minimum atomic E-state index is -0.941. The van der Waals surface area contributed by atoms with E-state index >= 15 is 4.39 Å². The van der Waals surface area contributed by atoms with E-state index in [4.69, 9.17) is 4.74 Å². The lowest BCUT2D eigenvalue weighted by Gasteiger charge is -2.15. The Bertz CT molecular complexity index is 1600. The van der Waals surface area contributed by atoms with Crippen LogP contribution in [0.1, 0.15) is 24.8 Å². The third kappa shape index (κ3) is 4.74. The molecule has 4 aromatic rings. The molecule has 1 atom stereocenters. The largest absolute Gasteiger partial charge is 0.451 e. The predicted molar refractivity (Wildman–Crippen MR) is 147 cm³/mol. The zero-order valence-corrected chi connectivity index (χ0v) is 23.4. The minimum absolute atomic E-state index is 0.0983. The van der Waals surface area contributed by atoms with Gasteiger partial charge in [-0.25, -0.2) is 17.6 Å². The zero-order chi connectivity index (χ0) is 26.4. The third-order valence-electron chi connectivity index (χ3n) is 5.99. The Hall–Kier alpha value is -2.58. The van der Waals surface area contributed by atoms with Gasteiger partial charge >= 0.3 is 0 Å². The number of rotatable bonds is 6. The fourth-order valence-corrected chi connectivity index (χ4v) is 5.81. The number of hydrogen-bond acceptors (Lipinski definition) is 4. The molecule has 1 aromatic heterocycles. The van der Waals surface area contributed by atoms with E-state index < -0.39 is 40.8 Å². The van der Waals surface area contributed by atoms with Crippen molar-refractivity contribution in [2.45, 2.75) is 19.3 Å². The lowest BCUT2D eigenvalue weighted by atomic mass is 9.94. The van der Waals surface area contributed by atoms with Crippen LogP contribution < -0.4 is 9.75 Å². The summed E-state index contributed by atoms with van der Waals surface area (Å²) in [4.78, 5) is 12.8. The number of ether oxygens (including phenoxy) is 1. The van der Waals surface area contributed by atoms with Crippen molar-refractivity contribution in [3.63, 3.8) is 0 Å². The first kappa shape index (κ1) is 26.0. The number of hydrogen-bond donors (Lipinski definition) is 0. The summed E-state index contributed by atoms with van der Waals surface area (Å²) in [5.41, 5.74) is 0.750. The molecule has 0 bridgehead atoms. The topological polar surface area (TPSA) is 46.8 Å². The predicted octanol–water partition coefficient (Wildman–Crippen LogP) is 8.50. The molecule has 1 aliphatic rings. The highest BCUT2D eigenvalue weighted by molar-refractivity contribution is 14.2. The molecular weight excluding hydrogens is 689 g/mol. The van der Waals surface area contributed by atoms with Crippen molar-refractivity contribution < 1.29 is 27.1 Å². The van der Waals surface area contributed by atoms with Gasteiger partial charge in [0.25, 0.3) is 5.91 Å². The molecule has 0 saturated heterocycles. The molecule has 37 heavy (non-hydrogen) atoms. The molecule has 0 saturated carbocycles.